The van der Waals surface area contributed by atoms with Crippen molar-refractivity contribution >= 4 is 40.9 Å². The second-order valence-corrected chi connectivity index (χ2v) is 6.96. The van der Waals surface area contributed by atoms with Crippen molar-refractivity contribution in [2.24, 2.45) is 4.99 Å². The molecule has 0 bridgehead atoms. The molecule has 1 aliphatic rings. The van der Waals surface area contributed by atoms with Gasteiger partial charge in [-0.1, -0.05) is 18.2 Å². The Kier molecular flexibility index (Phi) is 4.78. The van der Waals surface area contributed by atoms with Gasteiger partial charge in [0.15, 0.2) is 5.82 Å². The molecule has 9 heteroatoms. The first-order valence-corrected chi connectivity index (χ1v) is 9.28. The summed E-state index contributed by atoms with van der Waals surface area (Å²) in [7, 11) is 0. The highest BCUT2D eigenvalue weighted by atomic mass is 32.2. The van der Waals surface area contributed by atoms with Gasteiger partial charge >= 0.3 is 0 Å². The quantitative estimate of drug-likeness (QED) is 0.653. The highest BCUT2D eigenvalue weighted by Gasteiger charge is 2.28. The minimum absolute atomic E-state index is 0.138. The molecule has 0 spiro atoms. The highest BCUT2D eigenvalue weighted by Crippen LogP contribution is 2.39. The molecule has 4 rings (SSSR count). The van der Waals surface area contributed by atoms with E-state index in [1.54, 1.807) is 18.1 Å². The van der Waals surface area contributed by atoms with E-state index >= 15 is 0 Å². The van der Waals surface area contributed by atoms with Crippen LogP contribution < -0.4 is 15.4 Å². The van der Waals surface area contributed by atoms with Gasteiger partial charge in [-0.15, -0.1) is 0 Å². The third-order valence-corrected chi connectivity index (χ3v) is 5.18. The molecule has 138 valence electrons. The van der Waals surface area contributed by atoms with E-state index in [1.807, 2.05) is 59.8 Å². The zero-order chi connectivity index (χ0) is 19.5. The Bertz CT molecular complexity index is 1080. The van der Waals surface area contributed by atoms with Crippen LogP contribution in [0.4, 0.5) is 23.1 Å². The van der Waals surface area contributed by atoms with Crippen LogP contribution in [0.25, 0.3) is 0 Å². The number of hydrogen-bond acceptors (Lipinski definition) is 9. The summed E-state index contributed by atoms with van der Waals surface area (Å²) in [6, 6.07) is 15.6. The molecule has 0 saturated carbocycles. The van der Waals surface area contributed by atoms with Gasteiger partial charge in [-0.2, -0.15) is 5.26 Å². The van der Waals surface area contributed by atoms with E-state index in [4.69, 9.17) is 10.7 Å². The smallest absolute Gasteiger partial charge is 0.169 e. The van der Waals surface area contributed by atoms with Crippen molar-refractivity contribution in [2.45, 2.75) is 17.9 Å². The fourth-order valence-corrected chi connectivity index (χ4v) is 3.78. The lowest BCUT2D eigenvalue weighted by Crippen LogP contribution is -2.39. The molecular weight excluding hydrogens is 372 g/mol. The normalized spacial score (nSPS) is 13.9. The van der Waals surface area contributed by atoms with E-state index in [0.717, 1.165) is 16.4 Å². The number of nitrogens with one attached hydrogen (secondary N) is 1. The summed E-state index contributed by atoms with van der Waals surface area (Å²) in [4.78, 5) is 18.1. The van der Waals surface area contributed by atoms with Crippen LogP contribution in [0.5, 0.6) is 0 Å². The number of aromatic nitrogens is 3. The van der Waals surface area contributed by atoms with Crippen molar-refractivity contribution in [2.75, 3.05) is 15.4 Å². The fourth-order valence-electron chi connectivity index (χ4n) is 2.75. The average Bonchev–Trinajstić information content (AvgIpc) is 2.73. The van der Waals surface area contributed by atoms with Gasteiger partial charge in [-0.25, -0.2) is 19.9 Å². The summed E-state index contributed by atoms with van der Waals surface area (Å²) < 4.78 is 2.04. The number of nitrogens with two attached hydrogens (primary N) is 1. The Labute approximate surface area is 166 Å². The second-order valence-electron chi connectivity index (χ2n) is 5.98. The number of amidine groups is 1. The minimum atomic E-state index is -0.274. The molecule has 3 heterocycles. The number of aliphatic imine (C=N–C) groups is 1. The van der Waals surface area contributed by atoms with E-state index in [0.29, 0.717) is 11.6 Å². The Morgan fingerprint density at radius 1 is 1.14 bits per heavy atom. The van der Waals surface area contributed by atoms with Gasteiger partial charge in [0.05, 0.1) is 16.6 Å². The first-order valence-electron chi connectivity index (χ1n) is 8.51. The van der Waals surface area contributed by atoms with Crippen LogP contribution in [0.2, 0.25) is 0 Å². The van der Waals surface area contributed by atoms with Crippen molar-refractivity contribution in [3.8, 4) is 6.07 Å². The van der Waals surface area contributed by atoms with E-state index < -0.39 is 0 Å². The van der Waals surface area contributed by atoms with Crippen molar-refractivity contribution in [1.82, 2.24) is 15.0 Å². The molecule has 2 aromatic heterocycles. The predicted molar refractivity (Wildman–Crippen MR) is 110 cm³/mol. The van der Waals surface area contributed by atoms with E-state index in [2.05, 4.69) is 20.3 Å². The van der Waals surface area contributed by atoms with Gasteiger partial charge in [0, 0.05) is 6.20 Å². The van der Waals surface area contributed by atoms with Crippen LogP contribution in [-0.2, 0) is 0 Å². The molecule has 0 amide bonds. The van der Waals surface area contributed by atoms with Crippen LogP contribution in [0, 0.1) is 11.3 Å². The van der Waals surface area contributed by atoms with E-state index in [1.165, 1.54) is 6.33 Å². The maximum Gasteiger partial charge on any atom is 0.169 e. The van der Waals surface area contributed by atoms with Crippen molar-refractivity contribution in [3.63, 3.8) is 0 Å². The van der Waals surface area contributed by atoms with Gasteiger partial charge < -0.3 is 11.1 Å². The summed E-state index contributed by atoms with van der Waals surface area (Å²) in [6.45, 7) is 1.95. The van der Waals surface area contributed by atoms with Gasteiger partial charge in [-0.05, 0) is 43.1 Å². The van der Waals surface area contributed by atoms with Crippen LogP contribution in [0.3, 0.4) is 0 Å². The Hall–Kier alpha value is -3.64. The highest BCUT2D eigenvalue weighted by molar-refractivity contribution is 8.01. The first-order chi connectivity index (χ1) is 13.7. The predicted octanol–water partition coefficient (Wildman–Crippen LogP) is 3.38. The molecule has 28 heavy (non-hydrogen) atoms. The summed E-state index contributed by atoms with van der Waals surface area (Å²) in [5.41, 5.74) is 6.99. The van der Waals surface area contributed by atoms with Crippen molar-refractivity contribution in [3.05, 3.63) is 60.6 Å². The largest absolute Gasteiger partial charge is 0.382 e. The van der Waals surface area contributed by atoms with Crippen LogP contribution in [-0.4, -0.2) is 26.8 Å². The molecule has 3 aromatic rings. The monoisotopic (exact) mass is 388 g/mol. The SMILES string of the molecule is C[C@H](Nc1ncnc(N)c1C#N)C1=Nc2ncccc2SN1c1ccccc1. The number of para-hydroxylation sites is 1. The Balaban J connectivity index is 1.73. The maximum absolute atomic E-state index is 9.38. The Morgan fingerprint density at radius 3 is 2.75 bits per heavy atom. The zero-order valence-electron chi connectivity index (χ0n) is 14.9. The lowest BCUT2D eigenvalue weighted by atomic mass is 10.2. The van der Waals surface area contributed by atoms with E-state index in [-0.39, 0.29) is 17.4 Å². The molecule has 8 nitrogen and oxygen atoms in total. The third kappa shape index (κ3) is 3.33. The number of benzene rings is 1. The van der Waals surface area contributed by atoms with E-state index in [9.17, 15) is 5.26 Å². The molecule has 0 fully saturated rings. The topological polar surface area (TPSA) is 116 Å². The molecule has 1 aromatic carbocycles. The number of hydrogen-bond donors (Lipinski definition) is 2. The molecule has 0 aliphatic carbocycles. The van der Waals surface area contributed by atoms with Crippen LogP contribution in [0.1, 0.15) is 12.5 Å². The van der Waals surface area contributed by atoms with Gasteiger partial charge in [-0.3, -0.25) is 4.31 Å². The van der Waals surface area contributed by atoms with Crippen molar-refractivity contribution in [1.29, 1.82) is 5.26 Å². The number of nitrogen functional groups attached to an aromatic ring is 1. The molecule has 1 atom stereocenters. The summed E-state index contributed by atoms with van der Waals surface area (Å²) in [5.74, 6) is 1.91. The van der Waals surface area contributed by atoms with Gasteiger partial charge in [0.1, 0.15) is 35.4 Å². The van der Waals surface area contributed by atoms with Crippen molar-refractivity contribution < 1.29 is 0 Å². The maximum atomic E-state index is 9.38. The third-order valence-electron chi connectivity index (χ3n) is 4.09. The average molecular weight is 388 g/mol. The van der Waals surface area contributed by atoms with Crippen LogP contribution in [0.15, 0.2) is 64.9 Å². The Morgan fingerprint density at radius 2 is 1.96 bits per heavy atom. The number of pyridine rings is 1. The number of rotatable bonds is 4. The molecule has 1 aliphatic heterocycles. The minimum Gasteiger partial charge on any atom is -0.382 e. The molecule has 3 N–H and O–H groups in total. The second kappa shape index (κ2) is 7.54. The number of anilines is 3. The van der Waals surface area contributed by atoms with Gasteiger partial charge in [0.25, 0.3) is 0 Å². The number of nitrogens with zero attached hydrogens (tertiary/aromatic N) is 6. The summed E-state index contributed by atoms with van der Waals surface area (Å²) in [5, 5.41) is 12.6. The first kappa shape index (κ1) is 17.8. The lowest BCUT2D eigenvalue weighted by molar-refractivity contribution is 0.988. The lowest BCUT2D eigenvalue weighted by Gasteiger charge is -2.32. The molecular formula is C19H16N8S. The number of fused-ring (bicyclic) bond motifs is 1. The molecule has 0 saturated heterocycles. The zero-order valence-corrected chi connectivity index (χ0v) is 15.8. The molecule has 0 unspecified atom stereocenters. The van der Waals surface area contributed by atoms with Crippen LogP contribution >= 0.6 is 11.9 Å². The summed E-state index contributed by atoms with van der Waals surface area (Å²) >= 11 is 1.55. The standard InChI is InChI=1S/C19H16N8S/c1-12(25-17-14(10-20)16(21)23-11-24-17)19-26-18-15(8-5-9-22-18)28-27(19)13-6-3-2-4-7-13/h2-9,11-12H,1H3,(H3,21,23,24,25)/t12-/m0/s1. The fraction of sp³-hybridized carbons (Fsp3) is 0.105. The number of nitriles is 1. The summed E-state index contributed by atoms with van der Waals surface area (Å²) in [6.07, 6.45) is 3.05. The molecule has 0 radical (unpaired) electrons. The van der Waals surface area contributed by atoms with Gasteiger partial charge in [0.2, 0.25) is 0 Å².